The molecule has 108 valence electrons. The van der Waals surface area contributed by atoms with E-state index in [1.165, 1.54) is 0 Å². The van der Waals surface area contributed by atoms with Crippen LogP contribution >= 0.6 is 27.5 Å². The number of alkyl halides is 1. The van der Waals surface area contributed by atoms with Crippen LogP contribution in [-0.4, -0.2) is 16.9 Å². The molecule has 20 heavy (non-hydrogen) atoms. The van der Waals surface area contributed by atoms with Crippen molar-refractivity contribution in [2.24, 2.45) is 7.05 Å². The number of ether oxygens (including phenoxy) is 2. The summed E-state index contributed by atoms with van der Waals surface area (Å²) in [6, 6.07) is 5.62. The van der Waals surface area contributed by atoms with Gasteiger partial charge >= 0.3 is 0 Å². The predicted molar refractivity (Wildman–Crippen MR) is 82.5 cm³/mol. The second-order valence-electron chi connectivity index (χ2n) is 4.37. The number of benzene rings is 1. The Morgan fingerprint density at radius 2 is 2.15 bits per heavy atom. The van der Waals surface area contributed by atoms with Gasteiger partial charge in [-0.25, -0.2) is 0 Å². The number of aryl methyl sites for hydroxylation is 2. The van der Waals surface area contributed by atoms with Gasteiger partial charge < -0.3 is 9.47 Å². The van der Waals surface area contributed by atoms with E-state index in [0.29, 0.717) is 12.5 Å². The molecule has 1 aromatic carbocycles. The molecule has 1 heterocycles. The Hall–Kier alpha value is -1.20. The van der Waals surface area contributed by atoms with Crippen molar-refractivity contribution in [2.75, 3.05) is 7.11 Å². The van der Waals surface area contributed by atoms with Gasteiger partial charge in [-0.15, -0.1) is 11.6 Å². The fraction of sp³-hybridized carbons (Fsp3) is 0.357. The van der Waals surface area contributed by atoms with Gasteiger partial charge in [0.2, 0.25) is 0 Å². The molecule has 6 heteroatoms. The Labute approximate surface area is 131 Å². The molecule has 0 saturated carbocycles. The van der Waals surface area contributed by atoms with Gasteiger partial charge in [0.1, 0.15) is 18.1 Å². The van der Waals surface area contributed by atoms with Crippen molar-refractivity contribution in [3.05, 3.63) is 39.6 Å². The van der Waals surface area contributed by atoms with Gasteiger partial charge in [0.05, 0.1) is 28.9 Å². The Morgan fingerprint density at radius 3 is 2.70 bits per heavy atom. The number of nitrogens with zero attached hydrogens (tertiary/aromatic N) is 2. The van der Waals surface area contributed by atoms with Crippen LogP contribution in [0, 0.1) is 6.92 Å². The van der Waals surface area contributed by atoms with E-state index in [-0.39, 0.29) is 0 Å². The van der Waals surface area contributed by atoms with Crippen LogP contribution in [0.15, 0.2) is 22.7 Å². The minimum atomic E-state index is 0.394. The van der Waals surface area contributed by atoms with Crippen LogP contribution in [0.25, 0.3) is 0 Å². The number of aromatic nitrogens is 2. The van der Waals surface area contributed by atoms with E-state index in [1.807, 2.05) is 32.2 Å². The summed E-state index contributed by atoms with van der Waals surface area (Å²) in [5.41, 5.74) is 2.85. The first-order chi connectivity index (χ1) is 9.56. The summed E-state index contributed by atoms with van der Waals surface area (Å²) in [7, 11) is 3.52. The highest BCUT2D eigenvalue weighted by Gasteiger charge is 2.12. The Balaban J connectivity index is 2.21. The standard InChI is InChI=1S/C14H16BrClN2O2/c1-9-14(15)12(18(2)17-9)8-20-13-6-11(19-3)5-4-10(13)7-16/h4-6H,7-8H2,1-3H3. The number of methoxy groups -OCH3 is 1. The van der Waals surface area contributed by atoms with Crippen LogP contribution in [0.1, 0.15) is 17.0 Å². The molecule has 0 aliphatic carbocycles. The molecule has 2 rings (SSSR count). The van der Waals surface area contributed by atoms with Crippen molar-refractivity contribution < 1.29 is 9.47 Å². The molecule has 0 N–H and O–H groups in total. The smallest absolute Gasteiger partial charge is 0.131 e. The van der Waals surface area contributed by atoms with Gasteiger partial charge in [0, 0.05) is 18.7 Å². The third-order valence-corrected chi connectivity index (χ3v) is 4.36. The topological polar surface area (TPSA) is 36.3 Å². The molecule has 0 aliphatic heterocycles. The van der Waals surface area contributed by atoms with Gasteiger partial charge in [-0.05, 0) is 28.9 Å². The zero-order valence-corrected chi connectivity index (χ0v) is 14.0. The molecular formula is C14H16BrClN2O2. The molecule has 0 spiro atoms. The van der Waals surface area contributed by atoms with Crippen LogP contribution < -0.4 is 9.47 Å². The SMILES string of the molecule is COc1ccc(CCl)c(OCc2c(Br)c(C)nn2C)c1. The van der Waals surface area contributed by atoms with E-state index in [1.54, 1.807) is 11.8 Å². The first kappa shape index (κ1) is 15.2. The summed E-state index contributed by atoms with van der Waals surface area (Å²) in [5.74, 6) is 1.87. The van der Waals surface area contributed by atoms with Gasteiger partial charge in [-0.3, -0.25) is 4.68 Å². The summed E-state index contributed by atoms with van der Waals surface area (Å²) >= 11 is 9.45. The first-order valence-corrected chi connectivity index (χ1v) is 7.43. The Bertz CT molecular complexity index is 613. The van der Waals surface area contributed by atoms with E-state index < -0.39 is 0 Å². The molecule has 0 radical (unpaired) electrons. The zero-order chi connectivity index (χ0) is 14.7. The maximum atomic E-state index is 5.93. The first-order valence-electron chi connectivity index (χ1n) is 6.10. The lowest BCUT2D eigenvalue weighted by atomic mass is 10.2. The molecule has 0 aliphatic rings. The molecule has 4 nitrogen and oxygen atoms in total. The largest absolute Gasteiger partial charge is 0.497 e. The lowest BCUT2D eigenvalue weighted by Crippen LogP contribution is -2.05. The van der Waals surface area contributed by atoms with Crippen LogP contribution in [0.4, 0.5) is 0 Å². The fourth-order valence-corrected chi connectivity index (χ4v) is 2.56. The van der Waals surface area contributed by atoms with E-state index in [0.717, 1.165) is 32.9 Å². The number of rotatable bonds is 5. The monoisotopic (exact) mass is 358 g/mol. The van der Waals surface area contributed by atoms with Crippen LogP contribution in [0.2, 0.25) is 0 Å². The molecule has 0 fully saturated rings. The molecular weight excluding hydrogens is 344 g/mol. The molecule has 0 bridgehead atoms. The number of halogens is 2. The number of hydrogen-bond donors (Lipinski definition) is 0. The average molecular weight is 360 g/mol. The molecule has 0 unspecified atom stereocenters. The lowest BCUT2D eigenvalue weighted by Gasteiger charge is -2.12. The minimum Gasteiger partial charge on any atom is -0.497 e. The third-order valence-electron chi connectivity index (χ3n) is 3.04. The summed E-state index contributed by atoms with van der Waals surface area (Å²) in [4.78, 5) is 0. The highest BCUT2D eigenvalue weighted by molar-refractivity contribution is 9.10. The van der Waals surface area contributed by atoms with Gasteiger partial charge in [0.25, 0.3) is 0 Å². The maximum Gasteiger partial charge on any atom is 0.131 e. The molecule has 1 aromatic heterocycles. The second-order valence-corrected chi connectivity index (χ2v) is 5.43. The van der Waals surface area contributed by atoms with Crippen molar-refractivity contribution in [1.82, 2.24) is 9.78 Å². The Kier molecular flexibility index (Phi) is 4.94. The normalized spacial score (nSPS) is 10.7. The van der Waals surface area contributed by atoms with Crippen LogP contribution in [0.5, 0.6) is 11.5 Å². The minimum absolute atomic E-state index is 0.394. The Morgan fingerprint density at radius 1 is 1.40 bits per heavy atom. The van der Waals surface area contributed by atoms with E-state index in [9.17, 15) is 0 Å². The van der Waals surface area contributed by atoms with Gasteiger partial charge in [-0.2, -0.15) is 5.10 Å². The van der Waals surface area contributed by atoms with Crippen molar-refractivity contribution in [3.63, 3.8) is 0 Å². The van der Waals surface area contributed by atoms with E-state index in [2.05, 4.69) is 21.0 Å². The summed E-state index contributed by atoms with van der Waals surface area (Å²) in [6.45, 7) is 2.36. The van der Waals surface area contributed by atoms with Crippen molar-refractivity contribution in [3.8, 4) is 11.5 Å². The maximum absolute atomic E-state index is 5.93. The highest BCUT2D eigenvalue weighted by atomic mass is 79.9. The molecule has 2 aromatic rings. The molecule has 0 atom stereocenters. The number of hydrogen-bond acceptors (Lipinski definition) is 3. The lowest BCUT2D eigenvalue weighted by molar-refractivity contribution is 0.289. The van der Waals surface area contributed by atoms with E-state index in [4.69, 9.17) is 21.1 Å². The fourth-order valence-electron chi connectivity index (χ4n) is 1.89. The molecule has 0 saturated heterocycles. The third kappa shape index (κ3) is 3.10. The van der Waals surface area contributed by atoms with Crippen molar-refractivity contribution >= 4 is 27.5 Å². The highest BCUT2D eigenvalue weighted by Crippen LogP contribution is 2.28. The quantitative estimate of drug-likeness (QED) is 0.762. The van der Waals surface area contributed by atoms with Crippen molar-refractivity contribution in [1.29, 1.82) is 0 Å². The van der Waals surface area contributed by atoms with Crippen LogP contribution in [-0.2, 0) is 19.5 Å². The predicted octanol–water partition coefficient (Wildman–Crippen LogP) is 3.82. The summed E-state index contributed by atoms with van der Waals surface area (Å²) in [6.07, 6.45) is 0. The second kappa shape index (κ2) is 6.50. The zero-order valence-electron chi connectivity index (χ0n) is 11.6. The average Bonchev–Trinajstić information content (AvgIpc) is 2.70. The molecule has 0 amide bonds. The van der Waals surface area contributed by atoms with E-state index >= 15 is 0 Å². The van der Waals surface area contributed by atoms with Crippen LogP contribution in [0.3, 0.4) is 0 Å². The van der Waals surface area contributed by atoms with Crippen molar-refractivity contribution in [2.45, 2.75) is 19.4 Å². The summed E-state index contributed by atoms with van der Waals surface area (Å²) in [5, 5.41) is 4.34. The van der Waals surface area contributed by atoms with Gasteiger partial charge in [0.15, 0.2) is 0 Å². The van der Waals surface area contributed by atoms with Gasteiger partial charge in [-0.1, -0.05) is 6.07 Å². The summed E-state index contributed by atoms with van der Waals surface area (Å²) < 4.78 is 13.9.